The van der Waals surface area contributed by atoms with Gasteiger partial charge in [-0.05, 0) is 25.0 Å². The Balaban J connectivity index is 2.29. The average molecular weight is 371 g/mol. The zero-order valence-corrected chi connectivity index (χ0v) is 14.1. The molecule has 0 radical (unpaired) electrons. The summed E-state index contributed by atoms with van der Waals surface area (Å²) in [5, 5.41) is 2.86. The van der Waals surface area contributed by atoms with Crippen molar-refractivity contribution in [2.24, 2.45) is 0 Å². The van der Waals surface area contributed by atoms with Crippen molar-refractivity contribution in [2.75, 3.05) is 0 Å². The lowest BCUT2D eigenvalue weighted by Crippen LogP contribution is -2.36. The zero-order valence-electron chi connectivity index (χ0n) is 11.0. The Morgan fingerprint density at radius 3 is 2.33 bits per heavy atom. The molecule has 2 rings (SSSR count). The normalized spacial score (nSPS) is 16.7. The van der Waals surface area contributed by atoms with Crippen molar-refractivity contribution in [1.29, 1.82) is 0 Å². The zero-order chi connectivity index (χ0) is 15.6. The first kappa shape index (κ1) is 16.9. The molecule has 1 aliphatic carbocycles. The van der Waals surface area contributed by atoms with E-state index in [-0.39, 0.29) is 26.5 Å². The second kappa shape index (κ2) is 6.73. The number of hydrogen-bond donors (Lipinski definition) is 1. The first-order valence-corrected chi connectivity index (χ1v) is 9.60. The van der Waals surface area contributed by atoms with Crippen LogP contribution in [0.15, 0.2) is 17.0 Å². The van der Waals surface area contributed by atoms with Crippen LogP contribution in [0, 0.1) is 0 Å². The van der Waals surface area contributed by atoms with Gasteiger partial charge in [0.1, 0.15) is 0 Å². The smallest absolute Gasteiger partial charge is 0.261 e. The van der Waals surface area contributed by atoms with Gasteiger partial charge in [-0.15, -0.1) is 0 Å². The maximum absolute atomic E-state index is 12.3. The molecular formula is C13H14Cl3NO3S. The van der Waals surface area contributed by atoms with Gasteiger partial charge in [-0.25, -0.2) is 8.42 Å². The Hall–Kier alpha value is -0.490. The number of rotatable bonds is 3. The molecule has 1 aromatic carbocycles. The second-order valence-electron chi connectivity index (χ2n) is 5.01. The van der Waals surface area contributed by atoms with Gasteiger partial charge < -0.3 is 5.32 Å². The first-order valence-electron chi connectivity index (χ1n) is 6.53. The van der Waals surface area contributed by atoms with E-state index in [0.29, 0.717) is 0 Å². The number of carbonyl (C=O) groups excluding carboxylic acids is 1. The maximum Gasteiger partial charge on any atom is 0.261 e. The van der Waals surface area contributed by atoms with Crippen LogP contribution in [0.5, 0.6) is 0 Å². The molecule has 0 unspecified atom stereocenters. The van der Waals surface area contributed by atoms with Gasteiger partial charge in [-0.1, -0.05) is 42.5 Å². The Morgan fingerprint density at radius 1 is 1.14 bits per heavy atom. The van der Waals surface area contributed by atoms with E-state index >= 15 is 0 Å². The van der Waals surface area contributed by atoms with E-state index in [9.17, 15) is 13.2 Å². The van der Waals surface area contributed by atoms with E-state index in [1.165, 1.54) is 6.42 Å². The third-order valence-corrected chi connectivity index (χ3v) is 5.60. The fraction of sp³-hybridized carbons (Fsp3) is 0.462. The number of halogens is 3. The molecule has 1 N–H and O–H groups in total. The van der Waals surface area contributed by atoms with Gasteiger partial charge in [0.25, 0.3) is 15.0 Å². The Kier molecular flexibility index (Phi) is 5.41. The topological polar surface area (TPSA) is 63.2 Å². The van der Waals surface area contributed by atoms with Gasteiger partial charge in [0, 0.05) is 16.7 Å². The Bertz CT molecular complexity index is 655. The molecule has 1 aliphatic rings. The highest BCUT2D eigenvalue weighted by atomic mass is 35.7. The molecule has 0 spiro atoms. The van der Waals surface area contributed by atoms with Crippen LogP contribution in [0.2, 0.25) is 10.0 Å². The largest absolute Gasteiger partial charge is 0.349 e. The van der Waals surface area contributed by atoms with E-state index in [2.05, 4.69) is 5.32 Å². The van der Waals surface area contributed by atoms with Crippen LogP contribution in [0.4, 0.5) is 0 Å². The highest BCUT2D eigenvalue weighted by Gasteiger charge is 2.22. The lowest BCUT2D eigenvalue weighted by Gasteiger charge is -2.23. The van der Waals surface area contributed by atoms with Crippen LogP contribution in [0.25, 0.3) is 0 Å². The molecule has 1 amide bonds. The minimum absolute atomic E-state index is 0.0211. The molecule has 0 atom stereocenters. The molecule has 1 saturated carbocycles. The number of nitrogens with one attached hydrogen (secondary N) is 1. The van der Waals surface area contributed by atoms with Crippen LogP contribution in [-0.2, 0) is 9.05 Å². The van der Waals surface area contributed by atoms with E-state index in [4.69, 9.17) is 33.9 Å². The predicted molar refractivity (Wildman–Crippen MR) is 83.8 cm³/mol. The third-order valence-electron chi connectivity index (χ3n) is 3.47. The minimum atomic E-state index is -3.98. The highest BCUT2D eigenvalue weighted by Crippen LogP contribution is 2.31. The summed E-state index contributed by atoms with van der Waals surface area (Å²) in [6.07, 6.45) is 5.11. The summed E-state index contributed by atoms with van der Waals surface area (Å²) in [6, 6.07) is 2.36. The average Bonchev–Trinajstić information content (AvgIpc) is 2.41. The minimum Gasteiger partial charge on any atom is -0.349 e. The second-order valence-corrected chi connectivity index (χ2v) is 8.36. The number of benzene rings is 1. The molecular weight excluding hydrogens is 357 g/mol. The van der Waals surface area contributed by atoms with Gasteiger partial charge >= 0.3 is 0 Å². The molecule has 21 heavy (non-hydrogen) atoms. The lowest BCUT2D eigenvalue weighted by atomic mass is 9.95. The summed E-state index contributed by atoms with van der Waals surface area (Å²) < 4.78 is 22.8. The summed E-state index contributed by atoms with van der Waals surface area (Å²) >= 11 is 11.9. The van der Waals surface area contributed by atoms with E-state index in [0.717, 1.165) is 37.8 Å². The van der Waals surface area contributed by atoms with Gasteiger partial charge in [0.2, 0.25) is 0 Å². The van der Waals surface area contributed by atoms with E-state index < -0.39 is 15.0 Å². The van der Waals surface area contributed by atoms with Crippen molar-refractivity contribution in [2.45, 2.75) is 43.0 Å². The van der Waals surface area contributed by atoms with Crippen molar-refractivity contribution in [3.05, 3.63) is 27.7 Å². The van der Waals surface area contributed by atoms with E-state index in [1.54, 1.807) is 0 Å². The van der Waals surface area contributed by atoms with Crippen molar-refractivity contribution in [1.82, 2.24) is 5.32 Å². The number of amides is 1. The summed E-state index contributed by atoms with van der Waals surface area (Å²) in [7, 11) is 1.31. The molecule has 116 valence electrons. The van der Waals surface area contributed by atoms with Crippen molar-refractivity contribution in [3.8, 4) is 0 Å². The summed E-state index contributed by atoms with van der Waals surface area (Å²) in [5.41, 5.74) is 0.0222. The molecule has 0 aliphatic heterocycles. The van der Waals surface area contributed by atoms with Crippen molar-refractivity contribution < 1.29 is 13.2 Å². The third kappa shape index (κ3) is 4.25. The summed E-state index contributed by atoms with van der Waals surface area (Å²) in [5.74, 6) is -0.434. The van der Waals surface area contributed by atoms with Crippen molar-refractivity contribution in [3.63, 3.8) is 0 Å². The van der Waals surface area contributed by atoms with Gasteiger partial charge in [0.05, 0.1) is 20.5 Å². The van der Waals surface area contributed by atoms with Crippen LogP contribution in [-0.4, -0.2) is 20.4 Å². The van der Waals surface area contributed by atoms with Crippen LogP contribution in [0.1, 0.15) is 42.5 Å². The standard InChI is InChI=1S/C13H14Cl3NO3S/c14-11-7-9(21(16,19)20)6-10(12(11)15)13(18)17-8-4-2-1-3-5-8/h6-8H,1-5H2,(H,17,18). The van der Waals surface area contributed by atoms with Gasteiger partial charge in [-0.2, -0.15) is 0 Å². The molecule has 0 saturated heterocycles. The maximum atomic E-state index is 12.3. The van der Waals surface area contributed by atoms with Gasteiger partial charge in [0.15, 0.2) is 0 Å². The Morgan fingerprint density at radius 2 is 1.76 bits per heavy atom. The molecule has 8 heteroatoms. The summed E-state index contributed by atoms with van der Waals surface area (Å²) in [4.78, 5) is 12.0. The van der Waals surface area contributed by atoms with Crippen LogP contribution < -0.4 is 5.32 Å². The molecule has 0 aromatic heterocycles. The molecule has 1 aromatic rings. The van der Waals surface area contributed by atoms with Gasteiger partial charge in [-0.3, -0.25) is 4.79 Å². The molecule has 0 bridgehead atoms. The first-order chi connectivity index (χ1) is 9.79. The lowest BCUT2D eigenvalue weighted by molar-refractivity contribution is 0.0927. The molecule has 4 nitrogen and oxygen atoms in total. The monoisotopic (exact) mass is 369 g/mol. The molecule has 1 fully saturated rings. The number of hydrogen-bond acceptors (Lipinski definition) is 3. The quantitative estimate of drug-likeness (QED) is 0.818. The molecule has 0 heterocycles. The predicted octanol–water partition coefficient (Wildman–Crippen LogP) is 3.98. The van der Waals surface area contributed by atoms with Crippen molar-refractivity contribution >= 4 is 48.8 Å². The summed E-state index contributed by atoms with van der Waals surface area (Å²) in [6.45, 7) is 0. The van der Waals surface area contributed by atoms with Crippen LogP contribution in [0.3, 0.4) is 0 Å². The Labute approximate surface area is 138 Å². The van der Waals surface area contributed by atoms with E-state index in [1.807, 2.05) is 0 Å². The SMILES string of the molecule is O=C(NC1CCCCC1)c1cc(S(=O)(=O)Cl)cc(Cl)c1Cl. The fourth-order valence-corrected chi connectivity index (χ4v) is 3.64. The number of carbonyl (C=O) groups is 1. The van der Waals surface area contributed by atoms with Crippen LogP contribution >= 0.6 is 33.9 Å². The highest BCUT2D eigenvalue weighted by molar-refractivity contribution is 8.13. The fourth-order valence-electron chi connectivity index (χ4n) is 2.38.